The molecule has 3 amide bonds. The predicted molar refractivity (Wildman–Crippen MR) is 146 cm³/mol. The number of nitrogens with one attached hydrogen (secondary N) is 3. The number of carbonyl (C=O) groups is 3. The second-order valence-electron chi connectivity index (χ2n) is 9.54. The first-order valence-corrected chi connectivity index (χ1v) is 13.6. The van der Waals surface area contributed by atoms with Gasteiger partial charge in [0.15, 0.2) is 0 Å². The summed E-state index contributed by atoms with van der Waals surface area (Å²) in [7, 11) is 1.56. The van der Waals surface area contributed by atoms with Gasteiger partial charge in [-0.05, 0) is 45.4 Å². The quantitative estimate of drug-likeness (QED) is 0.226. The number of ether oxygens (including phenoxy) is 2. The van der Waals surface area contributed by atoms with Gasteiger partial charge in [0.1, 0.15) is 12.5 Å². The summed E-state index contributed by atoms with van der Waals surface area (Å²) in [5.41, 5.74) is 0.598. The second kappa shape index (κ2) is 15.5. The van der Waals surface area contributed by atoms with Gasteiger partial charge in [-0.2, -0.15) is 5.26 Å². The van der Waals surface area contributed by atoms with Crippen LogP contribution < -0.4 is 16.0 Å². The van der Waals surface area contributed by atoms with Crippen LogP contribution in [0.25, 0.3) is 0 Å². The predicted octanol–water partition coefficient (Wildman–Crippen LogP) is 1.80. The zero-order valence-electron chi connectivity index (χ0n) is 22.5. The molecule has 1 aromatic carbocycles. The number of amides is 3. The number of anilines is 2. The lowest BCUT2D eigenvalue weighted by Gasteiger charge is -2.27. The van der Waals surface area contributed by atoms with E-state index in [1.54, 1.807) is 31.9 Å². The van der Waals surface area contributed by atoms with Crippen LogP contribution in [0, 0.1) is 17.2 Å². The molecule has 4 N–H and O–H groups in total. The molecule has 0 bridgehead atoms. The molecule has 38 heavy (non-hydrogen) atoms. The Kier molecular flexibility index (Phi) is 12.8. The molecule has 12 heteroatoms. The van der Waals surface area contributed by atoms with E-state index in [9.17, 15) is 24.8 Å². The highest BCUT2D eigenvalue weighted by molar-refractivity contribution is 8.01. The van der Waals surface area contributed by atoms with Crippen molar-refractivity contribution in [2.75, 3.05) is 57.3 Å². The van der Waals surface area contributed by atoms with E-state index in [0.29, 0.717) is 38.4 Å². The van der Waals surface area contributed by atoms with Gasteiger partial charge >= 0.3 is 0 Å². The third-order valence-electron chi connectivity index (χ3n) is 5.88. The van der Waals surface area contributed by atoms with E-state index in [0.717, 1.165) is 5.69 Å². The summed E-state index contributed by atoms with van der Waals surface area (Å²) in [5.74, 6) is -1.65. The van der Waals surface area contributed by atoms with Crippen molar-refractivity contribution in [3.63, 3.8) is 0 Å². The Morgan fingerprint density at radius 3 is 2.68 bits per heavy atom. The molecular weight excluding hydrogens is 510 g/mol. The lowest BCUT2D eigenvalue weighted by molar-refractivity contribution is -0.131. The third-order valence-corrected chi connectivity index (χ3v) is 7.41. The molecule has 0 aliphatic carbocycles. The Labute approximate surface area is 228 Å². The first-order chi connectivity index (χ1) is 18.1. The maximum absolute atomic E-state index is 13.0. The Balaban J connectivity index is 1.88. The van der Waals surface area contributed by atoms with Crippen LogP contribution in [0.2, 0.25) is 0 Å². The van der Waals surface area contributed by atoms with Crippen LogP contribution in [0.4, 0.5) is 11.4 Å². The van der Waals surface area contributed by atoms with E-state index in [-0.39, 0.29) is 42.1 Å². The van der Waals surface area contributed by atoms with Gasteiger partial charge in [0.05, 0.1) is 42.1 Å². The standard InChI is InChI=1S/C26H39N5O6S/c1-5-31-23(13-18(15-27)24(34)30-26(2,3)17-32)38-21(25(31)35)9-10-28-19-7-6-8-20(14-19)29-22(33)16-37-12-11-36-4/h6-8,14,18,21,23,28,32H,5,9-13,16-17H2,1-4H3,(H,29,33)(H,30,34). The first-order valence-electron chi connectivity index (χ1n) is 12.6. The number of nitriles is 1. The molecule has 1 saturated heterocycles. The van der Waals surface area contributed by atoms with Gasteiger partial charge in [0.25, 0.3) is 0 Å². The Morgan fingerprint density at radius 1 is 1.29 bits per heavy atom. The molecule has 0 spiro atoms. The average Bonchev–Trinajstić information content (AvgIpc) is 3.18. The second-order valence-corrected chi connectivity index (χ2v) is 10.9. The van der Waals surface area contributed by atoms with Crippen LogP contribution in [-0.2, 0) is 23.9 Å². The van der Waals surface area contributed by atoms with Gasteiger partial charge in [-0.1, -0.05) is 6.07 Å². The van der Waals surface area contributed by atoms with E-state index in [1.807, 2.05) is 31.2 Å². The van der Waals surface area contributed by atoms with Crippen LogP contribution in [0.1, 0.15) is 33.6 Å². The molecule has 210 valence electrons. The Bertz CT molecular complexity index is 985. The number of rotatable bonds is 16. The van der Waals surface area contributed by atoms with E-state index >= 15 is 0 Å². The molecule has 1 heterocycles. The number of benzene rings is 1. The van der Waals surface area contributed by atoms with Crippen molar-refractivity contribution < 1.29 is 29.0 Å². The highest BCUT2D eigenvalue weighted by Crippen LogP contribution is 2.37. The van der Waals surface area contributed by atoms with Crippen LogP contribution in [0.15, 0.2) is 24.3 Å². The lowest BCUT2D eigenvalue weighted by Crippen LogP contribution is -2.49. The van der Waals surface area contributed by atoms with Crippen LogP contribution in [0.5, 0.6) is 0 Å². The van der Waals surface area contributed by atoms with Gasteiger partial charge in [-0.15, -0.1) is 11.8 Å². The largest absolute Gasteiger partial charge is 0.394 e. The molecule has 0 saturated carbocycles. The normalized spacial score (nSPS) is 18.1. The Morgan fingerprint density at radius 2 is 2.03 bits per heavy atom. The van der Waals surface area contributed by atoms with E-state index in [1.165, 1.54) is 11.8 Å². The smallest absolute Gasteiger partial charge is 0.250 e. The zero-order chi connectivity index (χ0) is 28.1. The van der Waals surface area contributed by atoms with Gasteiger partial charge in [0.2, 0.25) is 17.7 Å². The summed E-state index contributed by atoms with van der Waals surface area (Å²) in [4.78, 5) is 39.3. The highest BCUT2D eigenvalue weighted by atomic mass is 32.2. The monoisotopic (exact) mass is 549 g/mol. The minimum Gasteiger partial charge on any atom is -0.394 e. The molecule has 1 aliphatic heterocycles. The van der Waals surface area contributed by atoms with Gasteiger partial charge < -0.3 is 35.4 Å². The summed E-state index contributed by atoms with van der Waals surface area (Å²) in [5, 5.41) is 27.2. The minimum absolute atomic E-state index is 0.00780. The number of methoxy groups -OCH3 is 1. The average molecular weight is 550 g/mol. The van der Waals surface area contributed by atoms with Gasteiger partial charge in [-0.3, -0.25) is 14.4 Å². The summed E-state index contributed by atoms with van der Waals surface area (Å²) < 4.78 is 10.1. The number of aliphatic hydroxyl groups excluding tert-OH is 1. The lowest BCUT2D eigenvalue weighted by atomic mass is 10.0. The number of thioether (sulfide) groups is 1. The number of hydrogen-bond donors (Lipinski definition) is 4. The minimum atomic E-state index is -0.930. The fourth-order valence-electron chi connectivity index (χ4n) is 3.82. The topological polar surface area (TPSA) is 153 Å². The molecule has 0 radical (unpaired) electrons. The summed E-state index contributed by atoms with van der Waals surface area (Å²) >= 11 is 1.47. The van der Waals surface area contributed by atoms with E-state index in [2.05, 4.69) is 16.0 Å². The Hall–Kier alpha value is -2.85. The molecule has 11 nitrogen and oxygen atoms in total. The maximum atomic E-state index is 13.0. The number of hydrogen-bond acceptors (Lipinski definition) is 9. The summed E-state index contributed by atoms with van der Waals surface area (Å²) in [6, 6.07) is 9.33. The highest BCUT2D eigenvalue weighted by Gasteiger charge is 2.41. The van der Waals surface area contributed by atoms with Crippen LogP contribution >= 0.6 is 11.8 Å². The molecular formula is C26H39N5O6S. The SMILES string of the molecule is CCN1C(=O)C(CCNc2cccc(NC(=O)COCCOC)c2)SC1CC(C#N)C(=O)NC(C)(C)CO. The molecule has 3 atom stereocenters. The van der Waals surface area contributed by atoms with Crippen molar-refractivity contribution in [2.24, 2.45) is 5.92 Å². The van der Waals surface area contributed by atoms with Crippen molar-refractivity contribution >= 4 is 40.9 Å². The van der Waals surface area contributed by atoms with Gasteiger partial charge in [0, 0.05) is 38.0 Å². The number of nitrogens with zero attached hydrogens (tertiary/aromatic N) is 2. The third kappa shape index (κ3) is 9.79. The van der Waals surface area contributed by atoms with Crippen molar-refractivity contribution in [1.29, 1.82) is 5.26 Å². The molecule has 1 aliphatic rings. The van der Waals surface area contributed by atoms with Crippen molar-refractivity contribution in [2.45, 2.75) is 49.8 Å². The van der Waals surface area contributed by atoms with Gasteiger partial charge in [-0.25, -0.2) is 0 Å². The molecule has 1 fully saturated rings. The van der Waals surface area contributed by atoms with Crippen molar-refractivity contribution in [3.05, 3.63) is 24.3 Å². The van der Waals surface area contributed by atoms with E-state index in [4.69, 9.17) is 9.47 Å². The molecule has 1 aromatic rings. The molecule has 2 rings (SSSR count). The summed E-state index contributed by atoms with van der Waals surface area (Å²) in [6.45, 7) is 6.69. The first kappa shape index (κ1) is 31.4. The zero-order valence-corrected chi connectivity index (χ0v) is 23.3. The molecule has 3 unspecified atom stereocenters. The number of carbonyl (C=O) groups excluding carboxylic acids is 3. The van der Waals surface area contributed by atoms with Crippen LogP contribution in [0.3, 0.4) is 0 Å². The number of aliphatic hydroxyl groups is 1. The maximum Gasteiger partial charge on any atom is 0.250 e. The van der Waals surface area contributed by atoms with E-state index < -0.39 is 17.4 Å². The van der Waals surface area contributed by atoms with Crippen molar-refractivity contribution in [1.82, 2.24) is 10.2 Å². The van der Waals surface area contributed by atoms with Crippen molar-refractivity contribution in [3.8, 4) is 6.07 Å². The fourth-order valence-corrected chi connectivity index (χ4v) is 5.41. The summed E-state index contributed by atoms with van der Waals surface area (Å²) in [6.07, 6.45) is 0.774. The fraction of sp³-hybridized carbons (Fsp3) is 0.615. The molecule has 0 aromatic heterocycles. The van der Waals surface area contributed by atoms with Crippen LogP contribution in [-0.4, -0.2) is 90.5 Å².